The fourth-order valence-electron chi connectivity index (χ4n) is 7.87. The Morgan fingerprint density at radius 2 is 1.76 bits per heavy atom. The second-order valence-corrected chi connectivity index (χ2v) is 11.7. The van der Waals surface area contributed by atoms with E-state index in [1.807, 2.05) is 18.2 Å². The van der Waals surface area contributed by atoms with Gasteiger partial charge in [-0.15, -0.1) is 0 Å². The van der Waals surface area contributed by atoms with Crippen LogP contribution in [-0.2, 0) is 0 Å². The number of likely N-dealkylation sites (tertiary alicyclic amines) is 1. The Labute approximate surface area is 201 Å². The van der Waals surface area contributed by atoms with Gasteiger partial charge in [-0.2, -0.15) is 0 Å². The highest BCUT2D eigenvalue weighted by molar-refractivity contribution is 5.95. The number of imidazole rings is 1. The molecular formula is C27H37N5O2. The average Bonchev–Trinajstić information content (AvgIpc) is 3.26. The number of likely N-dealkylation sites (N-methyl/N-ethyl adjacent to an activating group) is 1. The van der Waals surface area contributed by atoms with E-state index in [9.17, 15) is 9.59 Å². The zero-order valence-corrected chi connectivity index (χ0v) is 20.3. The Balaban J connectivity index is 1.13. The van der Waals surface area contributed by atoms with Crippen molar-refractivity contribution in [2.45, 2.75) is 63.8 Å². The van der Waals surface area contributed by atoms with Crippen molar-refractivity contribution in [3.8, 4) is 0 Å². The van der Waals surface area contributed by atoms with Gasteiger partial charge in [0.05, 0.1) is 0 Å². The lowest BCUT2D eigenvalue weighted by Gasteiger charge is -2.56. The van der Waals surface area contributed by atoms with Gasteiger partial charge < -0.3 is 15.5 Å². The number of hydrogen-bond acceptors (Lipinski definition) is 4. The Hall–Kier alpha value is -2.41. The number of pyridine rings is 1. The lowest BCUT2D eigenvalue weighted by atomic mass is 9.49. The highest BCUT2D eigenvalue weighted by atomic mass is 16.2. The van der Waals surface area contributed by atoms with Crippen LogP contribution in [0.25, 0.3) is 5.65 Å². The number of aromatic nitrogens is 2. The van der Waals surface area contributed by atoms with Gasteiger partial charge >= 0.3 is 0 Å². The molecule has 5 fully saturated rings. The van der Waals surface area contributed by atoms with Crippen LogP contribution in [-0.4, -0.2) is 58.8 Å². The topological polar surface area (TPSA) is 78.7 Å². The van der Waals surface area contributed by atoms with E-state index in [-0.39, 0.29) is 11.8 Å². The monoisotopic (exact) mass is 463 g/mol. The number of fused-ring (bicyclic) bond motifs is 1. The molecule has 7 rings (SSSR count). The SMILES string of the molecule is CN1CCCCC1CNC(=O)c1cn2c(C(=O)NCC34CC5CC(CC(C5)C3)C4)cccc2n1. The van der Waals surface area contributed by atoms with Crippen LogP contribution in [0.15, 0.2) is 24.4 Å². The summed E-state index contributed by atoms with van der Waals surface area (Å²) in [5.41, 5.74) is 1.83. The maximum absolute atomic E-state index is 13.2. The van der Waals surface area contributed by atoms with Crippen molar-refractivity contribution in [3.63, 3.8) is 0 Å². The molecule has 4 aliphatic carbocycles. The maximum Gasteiger partial charge on any atom is 0.271 e. The third-order valence-corrected chi connectivity index (χ3v) is 9.17. The van der Waals surface area contributed by atoms with Crippen molar-refractivity contribution in [3.05, 3.63) is 35.8 Å². The summed E-state index contributed by atoms with van der Waals surface area (Å²) in [6, 6.07) is 5.89. The second-order valence-electron chi connectivity index (χ2n) is 11.7. The summed E-state index contributed by atoms with van der Waals surface area (Å²) in [4.78, 5) is 32.9. The number of hydrogen-bond donors (Lipinski definition) is 2. The molecule has 1 saturated heterocycles. The predicted octanol–water partition coefficient (Wildman–Crippen LogP) is 3.49. The Morgan fingerprint density at radius 3 is 2.47 bits per heavy atom. The predicted molar refractivity (Wildman–Crippen MR) is 131 cm³/mol. The number of carbonyl (C=O) groups excluding carboxylic acids is 2. The molecule has 7 heteroatoms. The number of carbonyl (C=O) groups is 2. The third-order valence-electron chi connectivity index (χ3n) is 9.17. The zero-order chi connectivity index (χ0) is 23.3. The standard InChI is InChI=1S/C27H37N5O2/c1-31-8-3-2-5-21(31)15-28-25(33)22-16-32-23(6-4-7-24(32)30-22)26(34)29-17-27-12-18-9-19(13-27)11-20(10-18)14-27/h4,6-7,16,18-21H,2-3,5,8-15,17H2,1H3,(H,28,33)(H,29,34). The van der Waals surface area contributed by atoms with Crippen LogP contribution in [0.2, 0.25) is 0 Å². The maximum atomic E-state index is 13.2. The van der Waals surface area contributed by atoms with Crippen molar-refractivity contribution in [1.29, 1.82) is 0 Å². The molecule has 2 aromatic heterocycles. The molecule has 4 saturated carbocycles. The molecule has 4 bridgehead atoms. The lowest BCUT2D eigenvalue weighted by molar-refractivity contribution is -0.0503. The van der Waals surface area contributed by atoms with E-state index >= 15 is 0 Å². The summed E-state index contributed by atoms with van der Waals surface area (Å²) in [7, 11) is 2.12. The van der Waals surface area contributed by atoms with Crippen LogP contribution in [0.4, 0.5) is 0 Å². The molecule has 182 valence electrons. The molecule has 0 radical (unpaired) electrons. The van der Waals surface area contributed by atoms with Crippen molar-refractivity contribution < 1.29 is 9.59 Å². The largest absolute Gasteiger partial charge is 0.350 e. The van der Waals surface area contributed by atoms with E-state index in [4.69, 9.17) is 0 Å². The Morgan fingerprint density at radius 1 is 1.03 bits per heavy atom. The number of rotatable bonds is 6. The molecule has 2 aromatic rings. The highest BCUT2D eigenvalue weighted by Crippen LogP contribution is 2.59. The fourth-order valence-corrected chi connectivity index (χ4v) is 7.87. The summed E-state index contributed by atoms with van der Waals surface area (Å²) in [6.07, 6.45) is 13.3. The first-order valence-corrected chi connectivity index (χ1v) is 13.2. The number of amides is 2. The van der Waals surface area contributed by atoms with Gasteiger partial charge in [-0.3, -0.25) is 14.0 Å². The normalized spacial score (nSPS) is 32.7. The lowest BCUT2D eigenvalue weighted by Crippen LogP contribution is -2.51. The molecule has 34 heavy (non-hydrogen) atoms. The minimum Gasteiger partial charge on any atom is -0.350 e. The summed E-state index contributed by atoms with van der Waals surface area (Å²) in [6.45, 7) is 2.47. The summed E-state index contributed by atoms with van der Waals surface area (Å²) >= 11 is 0. The molecule has 1 atom stereocenters. The average molecular weight is 464 g/mol. The van der Waals surface area contributed by atoms with E-state index in [0.29, 0.717) is 35.0 Å². The van der Waals surface area contributed by atoms with Crippen molar-refractivity contribution >= 4 is 17.5 Å². The second kappa shape index (κ2) is 8.67. The van der Waals surface area contributed by atoms with Crippen molar-refractivity contribution in [1.82, 2.24) is 24.9 Å². The quantitative estimate of drug-likeness (QED) is 0.687. The first kappa shape index (κ1) is 22.1. The van der Waals surface area contributed by atoms with E-state index < -0.39 is 0 Å². The van der Waals surface area contributed by atoms with Gasteiger partial charge in [0.25, 0.3) is 11.8 Å². The number of nitrogens with one attached hydrogen (secondary N) is 2. The zero-order valence-electron chi connectivity index (χ0n) is 20.3. The van der Waals surface area contributed by atoms with Gasteiger partial charge in [-0.1, -0.05) is 12.5 Å². The highest BCUT2D eigenvalue weighted by Gasteiger charge is 2.50. The molecular weight excluding hydrogens is 426 g/mol. The van der Waals surface area contributed by atoms with E-state index in [2.05, 4.69) is 27.6 Å². The summed E-state index contributed by atoms with van der Waals surface area (Å²) in [5, 5.41) is 6.32. The van der Waals surface area contributed by atoms with Gasteiger partial charge in [0.15, 0.2) is 0 Å². The first-order valence-electron chi connectivity index (χ1n) is 13.2. The third kappa shape index (κ3) is 4.12. The van der Waals surface area contributed by atoms with Crippen molar-refractivity contribution in [2.24, 2.45) is 23.2 Å². The Kier molecular flexibility index (Phi) is 5.63. The Bertz CT molecular complexity index is 1060. The van der Waals surface area contributed by atoms with Crippen LogP contribution in [0.1, 0.15) is 78.8 Å². The molecule has 2 N–H and O–H groups in total. The van der Waals surface area contributed by atoms with Crippen LogP contribution in [0.5, 0.6) is 0 Å². The van der Waals surface area contributed by atoms with Crippen LogP contribution >= 0.6 is 0 Å². The minimum atomic E-state index is -0.178. The number of piperidine rings is 1. The van der Waals surface area contributed by atoms with Gasteiger partial charge in [0.1, 0.15) is 17.0 Å². The van der Waals surface area contributed by atoms with Gasteiger partial charge in [-0.05, 0) is 100 Å². The minimum absolute atomic E-state index is 0.0745. The molecule has 0 aromatic carbocycles. The van der Waals surface area contributed by atoms with E-state index in [0.717, 1.165) is 37.3 Å². The molecule has 1 aliphatic heterocycles. The molecule has 1 unspecified atom stereocenters. The van der Waals surface area contributed by atoms with Crippen LogP contribution in [0.3, 0.4) is 0 Å². The van der Waals surface area contributed by atoms with Gasteiger partial charge in [0.2, 0.25) is 0 Å². The molecule has 2 amide bonds. The fraction of sp³-hybridized carbons (Fsp3) is 0.667. The molecule has 3 heterocycles. The van der Waals surface area contributed by atoms with Gasteiger partial charge in [0, 0.05) is 25.3 Å². The molecule has 7 nitrogen and oxygen atoms in total. The van der Waals surface area contributed by atoms with Gasteiger partial charge in [-0.25, -0.2) is 4.98 Å². The van der Waals surface area contributed by atoms with Crippen LogP contribution < -0.4 is 10.6 Å². The van der Waals surface area contributed by atoms with Crippen LogP contribution in [0, 0.1) is 23.2 Å². The first-order chi connectivity index (χ1) is 16.5. The molecule has 5 aliphatic rings. The summed E-state index contributed by atoms with van der Waals surface area (Å²) in [5.74, 6) is 2.36. The summed E-state index contributed by atoms with van der Waals surface area (Å²) < 4.78 is 1.76. The molecule has 0 spiro atoms. The van der Waals surface area contributed by atoms with Crippen molar-refractivity contribution in [2.75, 3.05) is 26.7 Å². The smallest absolute Gasteiger partial charge is 0.271 e. The van der Waals surface area contributed by atoms with E-state index in [1.54, 1.807) is 10.6 Å². The number of nitrogens with zero attached hydrogens (tertiary/aromatic N) is 3. The van der Waals surface area contributed by atoms with E-state index in [1.165, 1.54) is 51.4 Å².